The van der Waals surface area contributed by atoms with Crippen molar-refractivity contribution in [2.24, 2.45) is 0 Å². The first-order chi connectivity index (χ1) is 25.7. The lowest BCUT2D eigenvalue weighted by atomic mass is 9.70. The fraction of sp³-hybridized carbons (Fsp3) is 0.0408. The molecule has 2 aromatic heterocycles. The van der Waals surface area contributed by atoms with E-state index in [4.69, 9.17) is 9.40 Å². The molecule has 0 unspecified atom stereocenters. The predicted molar refractivity (Wildman–Crippen MR) is 213 cm³/mol. The number of anilines is 3. The van der Waals surface area contributed by atoms with Crippen LogP contribution in [0, 0.1) is 6.92 Å². The van der Waals surface area contributed by atoms with E-state index in [1.807, 2.05) is 13.1 Å². The zero-order valence-corrected chi connectivity index (χ0v) is 28.5. The summed E-state index contributed by atoms with van der Waals surface area (Å²) in [5, 5.41) is 2.18. The maximum atomic E-state index is 7.05. The highest BCUT2D eigenvalue weighted by Gasteiger charge is 2.53. The summed E-state index contributed by atoms with van der Waals surface area (Å²) in [5.74, 6) is 0. The van der Waals surface area contributed by atoms with Crippen LogP contribution in [-0.2, 0) is 5.41 Å². The monoisotopic (exact) mass is 664 g/mol. The van der Waals surface area contributed by atoms with Crippen molar-refractivity contribution in [1.82, 2.24) is 4.98 Å². The zero-order chi connectivity index (χ0) is 34.4. The second-order valence-corrected chi connectivity index (χ2v) is 13.9. The van der Waals surface area contributed by atoms with Crippen LogP contribution in [0.25, 0.3) is 55.3 Å². The van der Waals surface area contributed by atoms with Crippen molar-refractivity contribution < 1.29 is 4.42 Å². The number of pyridine rings is 1. The van der Waals surface area contributed by atoms with Gasteiger partial charge in [-0.2, -0.15) is 0 Å². The van der Waals surface area contributed by atoms with Gasteiger partial charge in [-0.1, -0.05) is 133 Å². The Bertz CT molecular complexity index is 2800. The van der Waals surface area contributed by atoms with E-state index < -0.39 is 5.41 Å². The van der Waals surface area contributed by atoms with Crippen LogP contribution < -0.4 is 4.90 Å². The number of hydrogen-bond donors (Lipinski definition) is 0. The lowest BCUT2D eigenvalue weighted by molar-refractivity contribution is 0.669. The Morgan fingerprint density at radius 1 is 0.519 bits per heavy atom. The second-order valence-electron chi connectivity index (χ2n) is 13.9. The van der Waals surface area contributed by atoms with E-state index in [0.717, 1.165) is 44.7 Å². The van der Waals surface area contributed by atoms with Crippen molar-refractivity contribution in [3.63, 3.8) is 0 Å². The molecule has 11 rings (SSSR count). The van der Waals surface area contributed by atoms with E-state index in [0.29, 0.717) is 0 Å². The molecule has 3 nitrogen and oxygen atoms in total. The molecule has 0 bridgehead atoms. The summed E-state index contributed by atoms with van der Waals surface area (Å²) in [6, 6.07) is 61.5. The average Bonchev–Trinajstić information content (AvgIpc) is 3.84. The summed E-state index contributed by atoms with van der Waals surface area (Å²) < 4.78 is 7.05. The van der Waals surface area contributed by atoms with Gasteiger partial charge in [0, 0.05) is 22.3 Å². The Morgan fingerprint density at radius 2 is 1.10 bits per heavy atom. The summed E-state index contributed by atoms with van der Waals surface area (Å²) in [6.45, 7) is 2.04. The first-order valence-electron chi connectivity index (χ1n) is 17.9. The molecular formula is C49H32N2O. The third kappa shape index (κ3) is 3.88. The standard InChI is InChI=1S/C49H32N2O/c1-31-23-26-35(30-50-31)51(34-27-24-33(25-28-34)32-13-3-2-4-14-32)44-29-43-46(48-47(44)39-18-8-12-22-45(39)52-48)38-17-7-11-21-42(38)49(43)40-19-9-5-15-36(40)37-16-6-10-20-41(37)49/h2-30H,1H3. The summed E-state index contributed by atoms with van der Waals surface area (Å²) in [4.78, 5) is 7.19. The van der Waals surface area contributed by atoms with Crippen molar-refractivity contribution >= 4 is 39.0 Å². The van der Waals surface area contributed by atoms with E-state index in [1.54, 1.807) is 0 Å². The molecule has 9 aromatic rings. The van der Waals surface area contributed by atoms with Gasteiger partial charge in [-0.15, -0.1) is 0 Å². The highest BCUT2D eigenvalue weighted by Crippen LogP contribution is 2.65. The SMILES string of the molecule is Cc1ccc(N(c2ccc(-c3ccccc3)cc2)c2cc3c(c4oc5ccccc5c24)-c2ccccc2C32c3ccccc3-c3ccccc32)cn1. The van der Waals surface area contributed by atoms with Gasteiger partial charge in [0.1, 0.15) is 11.2 Å². The first-order valence-corrected chi connectivity index (χ1v) is 17.9. The van der Waals surface area contributed by atoms with Crippen LogP contribution in [-0.4, -0.2) is 4.98 Å². The third-order valence-electron chi connectivity index (χ3n) is 11.2. The molecule has 52 heavy (non-hydrogen) atoms. The van der Waals surface area contributed by atoms with Crippen molar-refractivity contribution in [2.45, 2.75) is 12.3 Å². The number of aromatic nitrogens is 1. The number of benzene rings is 7. The van der Waals surface area contributed by atoms with Gasteiger partial charge < -0.3 is 9.32 Å². The Morgan fingerprint density at radius 3 is 1.79 bits per heavy atom. The van der Waals surface area contributed by atoms with Crippen LogP contribution in [0.3, 0.4) is 0 Å². The van der Waals surface area contributed by atoms with Crippen molar-refractivity contribution in [3.05, 3.63) is 204 Å². The molecular weight excluding hydrogens is 633 g/mol. The van der Waals surface area contributed by atoms with E-state index in [-0.39, 0.29) is 0 Å². The fourth-order valence-electron chi connectivity index (χ4n) is 9.06. The molecule has 1 spiro atoms. The lowest BCUT2D eigenvalue weighted by Gasteiger charge is -2.32. The molecule has 0 atom stereocenters. The molecule has 244 valence electrons. The van der Waals surface area contributed by atoms with Crippen LogP contribution >= 0.6 is 0 Å². The molecule has 2 aliphatic carbocycles. The number of aryl methyl sites for hydroxylation is 1. The maximum absolute atomic E-state index is 7.05. The van der Waals surface area contributed by atoms with Crippen LogP contribution in [0.15, 0.2) is 180 Å². The molecule has 0 N–H and O–H groups in total. The molecule has 0 radical (unpaired) electrons. The van der Waals surface area contributed by atoms with Gasteiger partial charge in [-0.05, 0) is 93.4 Å². The Hall–Kier alpha value is -6.71. The van der Waals surface area contributed by atoms with E-state index in [1.165, 1.54) is 55.6 Å². The predicted octanol–water partition coefficient (Wildman–Crippen LogP) is 12.8. The van der Waals surface area contributed by atoms with Gasteiger partial charge in [0.05, 0.1) is 28.4 Å². The number of nitrogens with zero attached hydrogens (tertiary/aromatic N) is 2. The smallest absolute Gasteiger partial charge is 0.145 e. The van der Waals surface area contributed by atoms with Crippen LogP contribution in [0.1, 0.15) is 27.9 Å². The molecule has 0 fully saturated rings. The van der Waals surface area contributed by atoms with Gasteiger partial charge in [0.15, 0.2) is 0 Å². The number of rotatable bonds is 4. The summed E-state index contributed by atoms with van der Waals surface area (Å²) in [7, 11) is 0. The van der Waals surface area contributed by atoms with Crippen molar-refractivity contribution in [1.29, 1.82) is 0 Å². The average molecular weight is 665 g/mol. The van der Waals surface area contributed by atoms with Gasteiger partial charge in [0.2, 0.25) is 0 Å². The fourth-order valence-corrected chi connectivity index (χ4v) is 9.06. The van der Waals surface area contributed by atoms with Crippen LogP contribution in [0.2, 0.25) is 0 Å². The Labute approximate surface area is 302 Å². The minimum atomic E-state index is -0.518. The minimum absolute atomic E-state index is 0.518. The van der Waals surface area contributed by atoms with Gasteiger partial charge in [-0.25, -0.2) is 0 Å². The molecule has 2 aliphatic rings. The first kappa shape index (κ1) is 29.1. The largest absolute Gasteiger partial charge is 0.455 e. The van der Waals surface area contributed by atoms with Crippen LogP contribution in [0.4, 0.5) is 17.1 Å². The van der Waals surface area contributed by atoms with Gasteiger partial charge in [-0.3, -0.25) is 4.98 Å². The third-order valence-corrected chi connectivity index (χ3v) is 11.2. The highest BCUT2D eigenvalue weighted by atomic mass is 16.3. The molecule has 0 aliphatic heterocycles. The van der Waals surface area contributed by atoms with E-state index in [2.05, 4.69) is 175 Å². The molecule has 0 amide bonds. The number of hydrogen-bond acceptors (Lipinski definition) is 3. The highest BCUT2D eigenvalue weighted by molar-refractivity contribution is 6.19. The molecule has 7 aromatic carbocycles. The summed E-state index contributed by atoms with van der Waals surface area (Å²) in [5.41, 5.74) is 17.8. The second kappa shape index (κ2) is 10.9. The molecule has 2 heterocycles. The van der Waals surface area contributed by atoms with E-state index in [9.17, 15) is 0 Å². The molecule has 0 saturated carbocycles. The maximum Gasteiger partial charge on any atom is 0.145 e. The Kier molecular flexibility index (Phi) is 6.09. The van der Waals surface area contributed by atoms with Crippen LogP contribution in [0.5, 0.6) is 0 Å². The Balaban J connectivity index is 1.28. The van der Waals surface area contributed by atoms with Gasteiger partial charge >= 0.3 is 0 Å². The number of para-hydroxylation sites is 1. The minimum Gasteiger partial charge on any atom is -0.455 e. The van der Waals surface area contributed by atoms with Gasteiger partial charge in [0.25, 0.3) is 0 Å². The van der Waals surface area contributed by atoms with Crippen molar-refractivity contribution in [2.75, 3.05) is 4.90 Å². The number of furan rings is 1. The topological polar surface area (TPSA) is 29.3 Å². The summed E-state index contributed by atoms with van der Waals surface area (Å²) in [6.07, 6.45) is 1.99. The molecule has 3 heteroatoms. The quantitative estimate of drug-likeness (QED) is 0.187. The molecule has 0 saturated heterocycles. The summed E-state index contributed by atoms with van der Waals surface area (Å²) >= 11 is 0. The zero-order valence-electron chi connectivity index (χ0n) is 28.5. The lowest BCUT2D eigenvalue weighted by Crippen LogP contribution is -2.26. The van der Waals surface area contributed by atoms with E-state index >= 15 is 0 Å². The number of fused-ring (bicyclic) bond motifs is 14. The van der Waals surface area contributed by atoms with Crippen molar-refractivity contribution in [3.8, 4) is 33.4 Å². The normalized spacial score (nSPS) is 13.2.